The maximum Gasteiger partial charge on any atom is 0.269 e. The fraction of sp³-hybridized carbons (Fsp3) is 0. The van der Waals surface area contributed by atoms with Crippen LogP contribution in [0.25, 0.3) is 11.3 Å². The molecule has 0 saturated heterocycles. The van der Waals surface area contributed by atoms with Gasteiger partial charge in [0.05, 0.1) is 22.5 Å². The lowest BCUT2D eigenvalue weighted by Gasteiger charge is -2.03. The van der Waals surface area contributed by atoms with E-state index in [0.29, 0.717) is 10.5 Å². The van der Waals surface area contributed by atoms with Crippen LogP contribution in [-0.2, 0) is 0 Å². The minimum Gasteiger partial charge on any atom is -0.258 e. The molecular formula is C20H13FN4O2S2. The molecule has 0 spiro atoms. The Labute approximate surface area is 172 Å². The summed E-state index contributed by atoms with van der Waals surface area (Å²) >= 11 is 2.94. The lowest BCUT2D eigenvalue weighted by atomic mass is 10.1. The van der Waals surface area contributed by atoms with Gasteiger partial charge in [0, 0.05) is 28.6 Å². The van der Waals surface area contributed by atoms with Gasteiger partial charge in [-0.25, -0.2) is 14.1 Å². The average molecular weight is 424 g/mol. The smallest absolute Gasteiger partial charge is 0.258 e. The number of nitro groups is 1. The number of halogens is 1. The van der Waals surface area contributed by atoms with Crippen LogP contribution in [-0.4, -0.2) is 15.8 Å². The summed E-state index contributed by atoms with van der Waals surface area (Å²) in [6.07, 6.45) is 1.72. The molecule has 0 amide bonds. The number of nitrogens with zero attached hydrogens (tertiary/aromatic N) is 4. The summed E-state index contributed by atoms with van der Waals surface area (Å²) < 4.78 is 14.9. The molecule has 2 heterocycles. The third kappa shape index (κ3) is 4.36. The van der Waals surface area contributed by atoms with Gasteiger partial charge in [-0.2, -0.15) is 16.4 Å². The molecule has 29 heavy (non-hydrogen) atoms. The van der Waals surface area contributed by atoms with E-state index in [-0.39, 0.29) is 11.5 Å². The monoisotopic (exact) mass is 424 g/mol. The van der Waals surface area contributed by atoms with Crippen molar-refractivity contribution < 1.29 is 9.31 Å². The van der Waals surface area contributed by atoms with E-state index in [9.17, 15) is 14.5 Å². The van der Waals surface area contributed by atoms with Gasteiger partial charge in [0.25, 0.3) is 5.69 Å². The third-order valence-electron chi connectivity index (χ3n) is 3.98. The molecule has 0 unspecified atom stereocenters. The van der Waals surface area contributed by atoms with E-state index >= 15 is 0 Å². The van der Waals surface area contributed by atoms with Crippen molar-refractivity contribution in [2.75, 3.05) is 0 Å². The molecule has 4 aromatic rings. The summed E-state index contributed by atoms with van der Waals surface area (Å²) in [5.74, 6) is -0.329. The van der Waals surface area contributed by atoms with Crippen molar-refractivity contribution in [3.05, 3.63) is 97.0 Å². The first-order chi connectivity index (χ1) is 14.1. The van der Waals surface area contributed by atoms with Crippen molar-refractivity contribution in [1.82, 2.24) is 4.68 Å². The second-order valence-electron chi connectivity index (χ2n) is 5.91. The average Bonchev–Trinajstić information content (AvgIpc) is 3.38. The van der Waals surface area contributed by atoms with Crippen LogP contribution in [0, 0.1) is 15.9 Å². The van der Waals surface area contributed by atoms with E-state index in [2.05, 4.69) is 10.1 Å². The maximum atomic E-state index is 13.2. The Morgan fingerprint density at radius 2 is 1.79 bits per heavy atom. The quantitative estimate of drug-likeness (QED) is 0.243. The minimum atomic E-state index is -0.435. The zero-order valence-corrected chi connectivity index (χ0v) is 16.4. The van der Waals surface area contributed by atoms with Crippen molar-refractivity contribution in [2.45, 2.75) is 0 Å². The maximum absolute atomic E-state index is 13.2. The van der Waals surface area contributed by atoms with E-state index in [1.807, 2.05) is 22.2 Å². The Kier molecular flexibility index (Phi) is 5.41. The minimum absolute atomic E-state index is 0.0218. The van der Waals surface area contributed by atoms with E-state index in [1.165, 1.54) is 35.6 Å². The highest BCUT2D eigenvalue weighted by Crippen LogP contribution is 2.23. The number of non-ortho nitro benzene ring substituents is 1. The lowest BCUT2D eigenvalue weighted by molar-refractivity contribution is -0.384. The Morgan fingerprint density at radius 1 is 1.03 bits per heavy atom. The number of thiophene rings is 1. The highest BCUT2D eigenvalue weighted by Gasteiger charge is 2.10. The Bertz CT molecular complexity index is 1220. The van der Waals surface area contributed by atoms with Gasteiger partial charge in [-0.1, -0.05) is 0 Å². The highest BCUT2D eigenvalue weighted by atomic mass is 32.1. The zero-order valence-electron chi connectivity index (χ0n) is 14.8. The number of benzene rings is 2. The molecule has 0 saturated carbocycles. The lowest BCUT2D eigenvalue weighted by Crippen LogP contribution is -2.11. The molecule has 0 atom stereocenters. The highest BCUT2D eigenvalue weighted by molar-refractivity contribution is 7.08. The van der Waals surface area contributed by atoms with Crippen molar-refractivity contribution in [2.24, 2.45) is 10.1 Å². The van der Waals surface area contributed by atoms with Gasteiger partial charge in [0.1, 0.15) is 5.82 Å². The van der Waals surface area contributed by atoms with Crippen LogP contribution in [0.4, 0.5) is 15.8 Å². The van der Waals surface area contributed by atoms with Crippen LogP contribution >= 0.6 is 22.7 Å². The fourth-order valence-corrected chi connectivity index (χ4v) is 4.01. The Morgan fingerprint density at radius 3 is 2.45 bits per heavy atom. The number of rotatable bonds is 5. The molecular weight excluding hydrogens is 411 g/mol. The predicted molar refractivity (Wildman–Crippen MR) is 113 cm³/mol. The largest absolute Gasteiger partial charge is 0.269 e. The molecule has 0 N–H and O–H groups in total. The molecule has 0 aliphatic carbocycles. The van der Waals surface area contributed by atoms with Gasteiger partial charge in [-0.05, 0) is 53.2 Å². The van der Waals surface area contributed by atoms with Gasteiger partial charge >= 0.3 is 0 Å². The molecule has 0 fully saturated rings. The zero-order chi connectivity index (χ0) is 20.2. The summed E-state index contributed by atoms with van der Waals surface area (Å²) in [4.78, 5) is 15.6. The predicted octanol–water partition coefficient (Wildman–Crippen LogP) is 5.44. The molecule has 6 nitrogen and oxygen atoms in total. The molecule has 0 aliphatic rings. The van der Waals surface area contributed by atoms with Crippen LogP contribution in [0.3, 0.4) is 0 Å². The Hall–Kier alpha value is -3.43. The number of aromatic nitrogens is 1. The molecule has 4 rings (SSSR count). The fourth-order valence-electron chi connectivity index (χ4n) is 2.54. The topological polar surface area (TPSA) is 72.8 Å². The third-order valence-corrected chi connectivity index (χ3v) is 5.49. The van der Waals surface area contributed by atoms with Crippen LogP contribution in [0.5, 0.6) is 0 Å². The first-order valence-corrected chi connectivity index (χ1v) is 10.2. The summed E-state index contributed by atoms with van der Waals surface area (Å²) in [5, 5.41) is 21.3. The summed E-state index contributed by atoms with van der Waals surface area (Å²) in [7, 11) is 0. The molecule has 0 aliphatic heterocycles. The second-order valence-corrected chi connectivity index (χ2v) is 7.53. The SMILES string of the molecule is O=[N+]([O-])c1ccc(-c2csc(=Nc3ccc(F)cc3)n2N=Cc2ccsc2)cc1. The first kappa shape index (κ1) is 18.9. The van der Waals surface area contributed by atoms with Gasteiger partial charge in [0.15, 0.2) is 0 Å². The van der Waals surface area contributed by atoms with Crippen molar-refractivity contribution in [3.63, 3.8) is 0 Å². The van der Waals surface area contributed by atoms with Gasteiger partial charge < -0.3 is 0 Å². The number of nitro benzene ring substituents is 1. The number of hydrogen-bond acceptors (Lipinski definition) is 6. The van der Waals surface area contributed by atoms with E-state index in [4.69, 9.17) is 0 Å². The standard InChI is InChI=1S/C20H13FN4O2S2/c21-16-3-5-17(6-4-16)23-20-24(22-11-14-9-10-28-12-14)19(13-29-20)15-1-7-18(8-2-15)25(26)27/h1-13H. The second kappa shape index (κ2) is 8.29. The molecule has 144 valence electrons. The molecule has 9 heteroatoms. The normalized spacial score (nSPS) is 12.0. The van der Waals surface area contributed by atoms with E-state index in [0.717, 1.165) is 16.8 Å². The Balaban J connectivity index is 1.81. The van der Waals surface area contributed by atoms with Gasteiger partial charge in [0.2, 0.25) is 4.80 Å². The van der Waals surface area contributed by atoms with Gasteiger partial charge in [-0.15, -0.1) is 11.3 Å². The summed E-state index contributed by atoms with van der Waals surface area (Å²) in [5.41, 5.74) is 3.10. The molecule has 0 radical (unpaired) electrons. The van der Waals surface area contributed by atoms with Crippen molar-refractivity contribution in [1.29, 1.82) is 0 Å². The molecule has 2 aromatic carbocycles. The summed E-state index contributed by atoms with van der Waals surface area (Å²) in [6, 6.07) is 14.1. The van der Waals surface area contributed by atoms with E-state index < -0.39 is 4.92 Å². The molecule has 2 aromatic heterocycles. The molecule has 0 bridgehead atoms. The first-order valence-electron chi connectivity index (χ1n) is 8.42. The number of thiazole rings is 1. The van der Waals surface area contributed by atoms with Crippen molar-refractivity contribution >= 4 is 40.3 Å². The number of hydrogen-bond donors (Lipinski definition) is 0. The van der Waals surface area contributed by atoms with Crippen LogP contribution in [0.1, 0.15) is 5.56 Å². The van der Waals surface area contributed by atoms with E-state index in [1.54, 1.807) is 46.5 Å². The van der Waals surface area contributed by atoms with Crippen LogP contribution in [0.2, 0.25) is 0 Å². The van der Waals surface area contributed by atoms with Gasteiger partial charge in [-0.3, -0.25) is 10.1 Å². The van der Waals surface area contributed by atoms with Crippen molar-refractivity contribution in [3.8, 4) is 11.3 Å². The van der Waals surface area contributed by atoms with Crippen LogP contribution in [0.15, 0.2) is 80.8 Å². The summed E-state index contributed by atoms with van der Waals surface area (Å²) in [6.45, 7) is 0. The van der Waals surface area contributed by atoms with Crippen LogP contribution < -0.4 is 4.80 Å².